The number of carbonyl (C=O) groups excluding carboxylic acids is 1. The van der Waals surface area contributed by atoms with Crippen LogP contribution in [0.2, 0.25) is 0 Å². The fourth-order valence-electron chi connectivity index (χ4n) is 5.19. The molecule has 0 spiro atoms. The number of aliphatic hydroxyl groups excluding tert-OH is 1. The minimum Gasteiger partial charge on any atom is -0.496 e. The van der Waals surface area contributed by atoms with E-state index in [1.807, 2.05) is 6.07 Å². The van der Waals surface area contributed by atoms with E-state index in [0.29, 0.717) is 24.4 Å². The van der Waals surface area contributed by atoms with E-state index in [2.05, 4.69) is 41.3 Å². The summed E-state index contributed by atoms with van der Waals surface area (Å²) in [5.74, 6) is 0.536. The molecule has 3 aromatic rings. The number of hydrogen-bond acceptors (Lipinski definition) is 5. The van der Waals surface area contributed by atoms with Gasteiger partial charge in [-0.2, -0.15) is 0 Å². The summed E-state index contributed by atoms with van der Waals surface area (Å²) < 4.78 is 19.5. The number of rotatable bonds is 7. The van der Waals surface area contributed by atoms with Crippen LogP contribution in [-0.4, -0.2) is 64.3 Å². The summed E-state index contributed by atoms with van der Waals surface area (Å²) in [4.78, 5) is 22.5. The highest BCUT2D eigenvalue weighted by Gasteiger charge is 2.35. The first kappa shape index (κ1) is 24.5. The topological polar surface area (TPSA) is 90.5 Å². The van der Waals surface area contributed by atoms with Crippen molar-refractivity contribution < 1.29 is 19.0 Å². The fourth-order valence-corrected chi connectivity index (χ4v) is 5.19. The van der Waals surface area contributed by atoms with Crippen molar-refractivity contribution in [2.75, 3.05) is 20.2 Å². The number of likely N-dealkylation sites (tertiary alicyclic amines) is 1. The molecular weight excluding hydrogens is 459 g/mol. The molecule has 36 heavy (non-hydrogen) atoms. The first-order valence-electron chi connectivity index (χ1n) is 12.6. The Labute approximate surface area is 210 Å². The Morgan fingerprint density at radius 3 is 2.72 bits per heavy atom. The third-order valence-electron chi connectivity index (χ3n) is 7.26. The molecule has 1 unspecified atom stereocenters. The van der Waals surface area contributed by atoms with Crippen molar-refractivity contribution in [3.8, 4) is 16.9 Å². The van der Waals surface area contributed by atoms with Crippen LogP contribution in [0.5, 0.6) is 5.75 Å². The van der Waals surface area contributed by atoms with E-state index in [0.717, 1.165) is 41.6 Å². The summed E-state index contributed by atoms with van der Waals surface area (Å²) in [6.07, 6.45) is 6.15. The number of allylic oxidation sites excluding steroid dienone is 1. The maximum Gasteiger partial charge on any atom is 0.240 e. The smallest absolute Gasteiger partial charge is 0.240 e. The first-order chi connectivity index (χ1) is 17.3. The second kappa shape index (κ2) is 10.0. The zero-order valence-corrected chi connectivity index (χ0v) is 20.9. The van der Waals surface area contributed by atoms with E-state index in [-0.39, 0.29) is 29.7 Å². The number of carbonyl (C=O) groups is 1. The van der Waals surface area contributed by atoms with Gasteiger partial charge in [0.2, 0.25) is 5.91 Å². The summed E-state index contributed by atoms with van der Waals surface area (Å²) in [6, 6.07) is 8.45. The maximum absolute atomic E-state index is 14.0. The fraction of sp³-hybridized carbons (Fsp3) is 0.429. The van der Waals surface area contributed by atoms with Crippen molar-refractivity contribution in [1.29, 1.82) is 0 Å². The number of aromatic amines is 1. The Morgan fingerprint density at radius 1 is 1.25 bits per heavy atom. The van der Waals surface area contributed by atoms with Crippen LogP contribution in [0, 0.1) is 11.7 Å². The van der Waals surface area contributed by atoms with Gasteiger partial charge in [-0.05, 0) is 66.6 Å². The van der Waals surface area contributed by atoms with E-state index < -0.39 is 6.10 Å². The third kappa shape index (κ3) is 4.75. The van der Waals surface area contributed by atoms with Gasteiger partial charge >= 0.3 is 0 Å². The first-order valence-corrected chi connectivity index (χ1v) is 12.6. The van der Waals surface area contributed by atoms with Gasteiger partial charge in [-0.15, -0.1) is 0 Å². The molecule has 1 aliphatic carbocycles. The number of methoxy groups -OCH3 is 1. The van der Waals surface area contributed by atoms with Crippen LogP contribution in [0.4, 0.5) is 4.39 Å². The van der Waals surface area contributed by atoms with Crippen molar-refractivity contribution in [3.05, 3.63) is 54.1 Å². The average Bonchev–Trinajstić information content (AvgIpc) is 3.29. The standard InChI is InChI=1S/C28H33FN4O3/c1-16(2)26(28(35)33-14-20(34)15-33)31-19-7-4-17(5-8-19)24-13-23-21(10-11-30-27(23)32-24)22-12-18(29)6-9-25(22)36-3/h4,6,9-13,16,19-20,26,31,34H,5,7-8,14-15H2,1-3H3,(H,30,32)/t19?,26-/m1/s1. The number of pyridine rings is 1. The lowest BCUT2D eigenvalue weighted by Gasteiger charge is -2.40. The summed E-state index contributed by atoms with van der Waals surface area (Å²) in [5.41, 5.74) is 4.52. The molecule has 3 N–H and O–H groups in total. The lowest BCUT2D eigenvalue weighted by molar-refractivity contribution is -0.145. The SMILES string of the molecule is COc1ccc(F)cc1-c1ccnc2[nH]c(C3=CCC(N[C@@H](C(=O)N4CC(O)C4)C(C)C)CC3)cc12. The molecule has 1 fully saturated rings. The summed E-state index contributed by atoms with van der Waals surface area (Å²) >= 11 is 0. The molecule has 2 atom stereocenters. The molecule has 0 saturated carbocycles. The Balaban J connectivity index is 1.34. The number of nitrogens with zero attached hydrogens (tertiary/aromatic N) is 2. The minimum atomic E-state index is -0.393. The average molecular weight is 493 g/mol. The van der Waals surface area contributed by atoms with Gasteiger partial charge in [-0.25, -0.2) is 9.37 Å². The number of amides is 1. The zero-order valence-electron chi connectivity index (χ0n) is 20.9. The van der Waals surface area contributed by atoms with Gasteiger partial charge in [0.1, 0.15) is 17.2 Å². The summed E-state index contributed by atoms with van der Waals surface area (Å²) in [6.45, 7) is 4.96. The van der Waals surface area contributed by atoms with E-state index >= 15 is 0 Å². The number of nitrogens with one attached hydrogen (secondary N) is 2. The molecule has 190 valence electrons. The number of H-pyrrole nitrogens is 1. The van der Waals surface area contributed by atoms with Gasteiger partial charge in [-0.3, -0.25) is 4.79 Å². The highest BCUT2D eigenvalue weighted by atomic mass is 19.1. The van der Waals surface area contributed by atoms with Crippen LogP contribution < -0.4 is 10.1 Å². The van der Waals surface area contributed by atoms with Gasteiger partial charge in [-0.1, -0.05) is 19.9 Å². The van der Waals surface area contributed by atoms with Gasteiger partial charge in [0.25, 0.3) is 0 Å². The molecule has 2 aliphatic rings. The monoisotopic (exact) mass is 492 g/mol. The highest BCUT2D eigenvalue weighted by molar-refractivity contribution is 5.96. The maximum atomic E-state index is 14.0. The Hall–Kier alpha value is -3.23. The van der Waals surface area contributed by atoms with Crippen LogP contribution in [0.3, 0.4) is 0 Å². The molecule has 1 aromatic carbocycles. The Bertz CT molecular complexity index is 1300. The lowest BCUT2D eigenvalue weighted by Crippen LogP contribution is -2.60. The number of β-amino-alcohol motifs (C(OH)–C–C–N with tert-alkyl or cyclic N) is 1. The lowest BCUT2D eigenvalue weighted by atomic mass is 9.91. The number of halogens is 1. The number of fused-ring (bicyclic) bond motifs is 1. The van der Waals surface area contributed by atoms with Gasteiger partial charge < -0.3 is 25.0 Å². The number of aromatic nitrogens is 2. The van der Waals surface area contributed by atoms with Crippen LogP contribution in [0.1, 0.15) is 38.8 Å². The number of benzene rings is 1. The van der Waals surface area contributed by atoms with Crippen molar-refractivity contribution in [3.63, 3.8) is 0 Å². The molecule has 0 radical (unpaired) electrons. The minimum absolute atomic E-state index is 0.0760. The molecule has 7 nitrogen and oxygen atoms in total. The molecule has 5 rings (SSSR count). The number of ether oxygens (including phenoxy) is 1. The van der Waals surface area contributed by atoms with Crippen LogP contribution in [-0.2, 0) is 4.79 Å². The largest absolute Gasteiger partial charge is 0.496 e. The molecular formula is C28H33FN4O3. The number of aliphatic hydroxyl groups is 1. The molecule has 1 saturated heterocycles. The van der Waals surface area contributed by atoms with E-state index in [9.17, 15) is 14.3 Å². The van der Waals surface area contributed by atoms with E-state index in [4.69, 9.17) is 4.74 Å². The van der Waals surface area contributed by atoms with Crippen molar-refractivity contribution in [2.45, 2.75) is 51.3 Å². The third-order valence-corrected chi connectivity index (χ3v) is 7.26. The van der Waals surface area contributed by atoms with Crippen molar-refractivity contribution in [1.82, 2.24) is 20.2 Å². The van der Waals surface area contributed by atoms with Gasteiger partial charge in [0, 0.05) is 42.0 Å². The highest BCUT2D eigenvalue weighted by Crippen LogP contribution is 2.37. The van der Waals surface area contributed by atoms with Gasteiger partial charge in [0.05, 0.1) is 19.3 Å². The van der Waals surface area contributed by atoms with Crippen molar-refractivity contribution >= 4 is 22.5 Å². The summed E-state index contributed by atoms with van der Waals surface area (Å²) in [7, 11) is 1.58. The summed E-state index contributed by atoms with van der Waals surface area (Å²) in [5, 5.41) is 14.1. The van der Waals surface area contributed by atoms with Gasteiger partial charge in [0.15, 0.2) is 0 Å². The van der Waals surface area contributed by atoms with Crippen LogP contribution in [0.25, 0.3) is 27.7 Å². The van der Waals surface area contributed by atoms with Crippen LogP contribution >= 0.6 is 0 Å². The molecule has 2 aromatic heterocycles. The molecule has 1 amide bonds. The number of hydrogen-bond donors (Lipinski definition) is 3. The van der Waals surface area contributed by atoms with E-state index in [1.165, 1.54) is 17.7 Å². The predicted molar refractivity (Wildman–Crippen MR) is 138 cm³/mol. The van der Waals surface area contributed by atoms with Crippen molar-refractivity contribution in [2.24, 2.45) is 5.92 Å². The second-order valence-corrected chi connectivity index (χ2v) is 10.1. The van der Waals surface area contributed by atoms with E-state index in [1.54, 1.807) is 24.3 Å². The second-order valence-electron chi connectivity index (χ2n) is 10.1. The Kier molecular flexibility index (Phi) is 6.81. The Morgan fingerprint density at radius 2 is 2.06 bits per heavy atom. The molecule has 8 heteroatoms. The molecule has 0 bridgehead atoms. The zero-order chi connectivity index (χ0) is 25.4. The molecule has 3 heterocycles. The normalized spacial score (nSPS) is 19.3. The van der Waals surface area contributed by atoms with Crippen LogP contribution in [0.15, 0.2) is 42.6 Å². The molecule has 1 aliphatic heterocycles. The quantitative estimate of drug-likeness (QED) is 0.461. The predicted octanol–water partition coefficient (Wildman–Crippen LogP) is 4.13.